The predicted molar refractivity (Wildman–Crippen MR) is 106 cm³/mol. The summed E-state index contributed by atoms with van der Waals surface area (Å²) in [6.45, 7) is 2.34. The van der Waals surface area contributed by atoms with E-state index < -0.39 is 5.91 Å². The van der Waals surface area contributed by atoms with Gasteiger partial charge in [0.2, 0.25) is 0 Å². The minimum atomic E-state index is -0.390. The zero-order valence-electron chi connectivity index (χ0n) is 15.3. The Balaban J connectivity index is 1.78. The number of amides is 1. The Morgan fingerprint density at radius 1 is 1.41 bits per heavy atom. The average molecular weight is 384 g/mol. The fraction of sp³-hybridized carbons (Fsp3) is 0.222. The van der Waals surface area contributed by atoms with Gasteiger partial charge in [0.15, 0.2) is 5.82 Å². The molecule has 0 saturated heterocycles. The lowest BCUT2D eigenvalue weighted by atomic mass is 10.1. The number of aliphatic imine (C=N–C) groups is 1. The number of carbonyl (C=O) groups is 1. The fourth-order valence-corrected chi connectivity index (χ4v) is 3.13. The van der Waals surface area contributed by atoms with E-state index in [-0.39, 0.29) is 5.71 Å². The van der Waals surface area contributed by atoms with E-state index in [1.54, 1.807) is 54.7 Å². The van der Waals surface area contributed by atoms with E-state index in [1.165, 1.54) is 11.3 Å². The highest BCUT2D eigenvalue weighted by Gasteiger charge is 2.18. The van der Waals surface area contributed by atoms with Gasteiger partial charge in [0.05, 0.1) is 16.1 Å². The van der Waals surface area contributed by atoms with E-state index in [1.807, 2.05) is 6.92 Å². The summed E-state index contributed by atoms with van der Waals surface area (Å²) in [6, 6.07) is 6.88. The molecule has 27 heavy (non-hydrogen) atoms. The van der Waals surface area contributed by atoms with Crippen molar-refractivity contribution in [2.75, 3.05) is 18.1 Å². The highest BCUT2D eigenvalue weighted by atomic mass is 32.1. The van der Waals surface area contributed by atoms with Crippen LogP contribution in [0, 0.1) is 6.92 Å². The molecule has 0 unspecified atom stereocenters. The van der Waals surface area contributed by atoms with Gasteiger partial charge >= 0.3 is 0 Å². The van der Waals surface area contributed by atoms with Crippen molar-refractivity contribution in [1.29, 1.82) is 0 Å². The van der Waals surface area contributed by atoms with Crippen molar-refractivity contribution in [2.24, 2.45) is 12.0 Å². The summed E-state index contributed by atoms with van der Waals surface area (Å²) >= 11 is 1.54. The van der Waals surface area contributed by atoms with Gasteiger partial charge in [0.1, 0.15) is 18.1 Å². The summed E-state index contributed by atoms with van der Waals surface area (Å²) in [5, 5.41) is 6.85. The number of benzene rings is 1. The van der Waals surface area contributed by atoms with Gasteiger partial charge in [-0.15, -0.1) is 11.3 Å². The molecule has 1 aromatic carbocycles. The van der Waals surface area contributed by atoms with E-state index in [0.717, 1.165) is 10.6 Å². The van der Waals surface area contributed by atoms with Crippen LogP contribution in [-0.4, -0.2) is 33.4 Å². The third-order valence-corrected chi connectivity index (χ3v) is 4.80. The molecule has 0 bridgehead atoms. The second-order valence-electron chi connectivity index (χ2n) is 5.80. The highest BCUT2D eigenvalue weighted by Crippen LogP contribution is 2.23. The minimum absolute atomic E-state index is 0.206. The Hall–Kier alpha value is -3.20. The molecule has 2 heterocycles. The molecule has 0 aliphatic rings. The number of hydrogen-bond donors (Lipinski definition) is 2. The van der Waals surface area contributed by atoms with E-state index in [9.17, 15) is 4.79 Å². The number of nitrogens with one attached hydrogen (secondary N) is 1. The lowest BCUT2D eigenvalue weighted by Crippen LogP contribution is -2.25. The molecule has 140 valence electrons. The van der Waals surface area contributed by atoms with Gasteiger partial charge in [-0.1, -0.05) is 0 Å². The molecule has 1 amide bonds. The van der Waals surface area contributed by atoms with E-state index in [4.69, 9.17) is 10.5 Å². The Labute approximate surface area is 160 Å². The molecule has 3 N–H and O–H groups in total. The number of carbonyl (C=O) groups excluding carboxylic acids is 1. The van der Waals surface area contributed by atoms with E-state index in [2.05, 4.69) is 20.4 Å². The lowest BCUT2D eigenvalue weighted by Gasteiger charge is -2.12. The molecule has 9 heteroatoms. The van der Waals surface area contributed by atoms with Gasteiger partial charge in [-0.3, -0.25) is 14.5 Å². The van der Waals surface area contributed by atoms with Crippen molar-refractivity contribution in [3.8, 4) is 5.75 Å². The summed E-state index contributed by atoms with van der Waals surface area (Å²) in [4.78, 5) is 22.0. The topological polar surface area (TPSA) is 107 Å². The quantitative estimate of drug-likeness (QED) is 0.501. The normalized spacial score (nSPS) is 11.4. The number of hydrogen-bond acceptors (Lipinski definition) is 7. The molecule has 3 rings (SSSR count). The molecule has 0 radical (unpaired) electrons. The van der Waals surface area contributed by atoms with Gasteiger partial charge < -0.3 is 15.8 Å². The first kappa shape index (κ1) is 18.6. The van der Waals surface area contributed by atoms with Gasteiger partial charge in [0, 0.05) is 37.6 Å². The zero-order valence-corrected chi connectivity index (χ0v) is 16.1. The van der Waals surface area contributed by atoms with Crippen molar-refractivity contribution >= 4 is 34.5 Å². The van der Waals surface area contributed by atoms with Gasteiger partial charge in [-0.2, -0.15) is 5.10 Å². The SMILES string of the molecule is CN=C(C(=O)Nc1ccn(C)n1)c1cc(OCc2scnc2C)ccc1N. The third-order valence-electron chi connectivity index (χ3n) is 3.89. The molecule has 0 aliphatic heterocycles. The monoisotopic (exact) mass is 384 g/mol. The molecular formula is C18H20N6O2S. The predicted octanol–water partition coefficient (Wildman–Crippen LogP) is 2.40. The Bertz CT molecular complexity index is 991. The van der Waals surface area contributed by atoms with Crippen LogP contribution in [-0.2, 0) is 18.4 Å². The summed E-state index contributed by atoms with van der Waals surface area (Å²) in [6.07, 6.45) is 1.74. The maximum Gasteiger partial charge on any atom is 0.275 e. The van der Waals surface area contributed by atoms with Crippen LogP contribution in [0.5, 0.6) is 5.75 Å². The molecule has 0 saturated carbocycles. The number of nitrogen functional groups attached to an aromatic ring is 1. The summed E-state index contributed by atoms with van der Waals surface area (Å²) < 4.78 is 7.44. The molecule has 0 atom stereocenters. The standard InChI is InChI=1S/C18H20N6O2S/c1-11-15(27-10-21-11)9-26-12-4-5-14(19)13(8-12)17(20-2)18(25)22-16-6-7-24(3)23-16/h4-8,10H,9,19H2,1-3H3,(H,22,23,25). The van der Waals surface area contributed by atoms with Crippen LogP contribution in [0.15, 0.2) is 41.0 Å². The Morgan fingerprint density at radius 2 is 2.22 bits per heavy atom. The first-order valence-electron chi connectivity index (χ1n) is 8.17. The van der Waals surface area contributed by atoms with Crippen molar-refractivity contribution in [3.05, 3.63) is 52.1 Å². The van der Waals surface area contributed by atoms with Crippen LogP contribution < -0.4 is 15.8 Å². The van der Waals surface area contributed by atoms with Gasteiger partial charge in [-0.05, 0) is 25.1 Å². The number of aromatic nitrogens is 3. The summed E-state index contributed by atoms with van der Waals surface area (Å²) in [7, 11) is 3.31. The number of anilines is 2. The number of rotatable bonds is 6. The average Bonchev–Trinajstić information content (AvgIpc) is 3.24. The molecule has 3 aromatic rings. The van der Waals surface area contributed by atoms with E-state index in [0.29, 0.717) is 29.4 Å². The van der Waals surface area contributed by atoms with Crippen LogP contribution in [0.1, 0.15) is 16.1 Å². The number of nitrogens with two attached hydrogens (primary N) is 1. The van der Waals surface area contributed by atoms with Crippen LogP contribution in [0.4, 0.5) is 11.5 Å². The minimum Gasteiger partial charge on any atom is -0.488 e. The Morgan fingerprint density at radius 3 is 2.85 bits per heavy atom. The first-order valence-corrected chi connectivity index (χ1v) is 9.05. The molecule has 2 aromatic heterocycles. The summed E-state index contributed by atoms with van der Waals surface area (Å²) in [5.41, 5.74) is 9.95. The second kappa shape index (κ2) is 8.00. The highest BCUT2D eigenvalue weighted by molar-refractivity contribution is 7.09. The summed E-state index contributed by atoms with van der Waals surface area (Å²) in [5.74, 6) is 0.646. The Kier molecular flexibility index (Phi) is 5.51. The van der Waals surface area contributed by atoms with Gasteiger partial charge in [-0.25, -0.2) is 4.98 Å². The molecule has 0 aliphatic carbocycles. The smallest absolute Gasteiger partial charge is 0.275 e. The fourth-order valence-electron chi connectivity index (χ4n) is 2.45. The molecule has 8 nitrogen and oxygen atoms in total. The number of aryl methyl sites for hydroxylation is 2. The molecular weight excluding hydrogens is 364 g/mol. The van der Waals surface area contributed by atoms with Crippen LogP contribution in [0.2, 0.25) is 0 Å². The number of thiazole rings is 1. The zero-order chi connectivity index (χ0) is 19.4. The number of nitrogens with zero attached hydrogens (tertiary/aromatic N) is 4. The van der Waals surface area contributed by atoms with Crippen LogP contribution >= 0.6 is 11.3 Å². The van der Waals surface area contributed by atoms with Crippen molar-refractivity contribution in [1.82, 2.24) is 14.8 Å². The van der Waals surface area contributed by atoms with Gasteiger partial charge in [0.25, 0.3) is 5.91 Å². The number of ether oxygens (including phenoxy) is 1. The first-order chi connectivity index (χ1) is 13.0. The largest absolute Gasteiger partial charge is 0.488 e. The van der Waals surface area contributed by atoms with Crippen molar-refractivity contribution in [2.45, 2.75) is 13.5 Å². The van der Waals surface area contributed by atoms with Crippen molar-refractivity contribution < 1.29 is 9.53 Å². The van der Waals surface area contributed by atoms with E-state index >= 15 is 0 Å². The third kappa shape index (κ3) is 4.32. The second-order valence-corrected chi connectivity index (χ2v) is 6.74. The van der Waals surface area contributed by atoms with Crippen LogP contribution in [0.25, 0.3) is 0 Å². The van der Waals surface area contributed by atoms with Crippen molar-refractivity contribution in [3.63, 3.8) is 0 Å². The maximum atomic E-state index is 12.6. The molecule has 0 spiro atoms. The molecule has 0 fully saturated rings. The maximum absolute atomic E-state index is 12.6. The lowest BCUT2D eigenvalue weighted by molar-refractivity contribution is -0.110. The van der Waals surface area contributed by atoms with Crippen LogP contribution in [0.3, 0.4) is 0 Å².